The number of carbonyl (C=O) groups is 8. The Balaban J connectivity index is -0.0000000855. The van der Waals surface area contributed by atoms with Crippen molar-refractivity contribution < 1.29 is 170 Å². The summed E-state index contributed by atoms with van der Waals surface area (Å²) in [6, 6.07) is 20.4. The average molecular weight is 1260 g/mol. The third-order valence-electron chi connectivity index (χ3n) is 11.2. The average Bonchev–Trinajstić information content (AvgIpc) is 3.52. The van der Waals surface area contributed by atoms with Gasteiger partial charge >= 0.3 is 118 Å². The smallest absolute Gasteiger partial charge is 1.00 e. The number of nitrogens with two attached hydrogens (primary N) is 2. The number of carboxylic acid groups (broad SMARTS) is 4. The Labute approximate surface area is 578 Å². The molecular formula is C62H112BKLiN2O20. The molecule has 2 unspecified atom stereocenters. The molecule has 6 atom stereocenters. The maximum atomic E-state index is 11.4. The second-order valence-electron chi connectivity index (χ2n) is 19.1. The summed E-state index contributed by atoms with van der Waals surface area (Å²) >= 11 is 0. The molecule has 87 heavy (non-hydrogen) atoms. The van der Waals surface area contributed by atoms with Gasteiger partial charge in [0.2, 0.25) is 0 Å². The number of aliphatic hydroxyl groups excluding tert-OH is 3. The molecule has 0 aliphatic heterocycles. The van der Waals surface area contributed by atoms with Crippen molar-refractivity contribution >= 4 is 56.2 Å². The minimum atomic E-state index is -1.09. The molecule has 3 radical (unpaired) electrons. The van der Waals surface area contributed by atoms with Crippen LogP contribution in [0.5, 0.6) is 0 Å². The van der Waals surface area contributed by atoms with Crippen LogP contribution < -0.4 is 81.7 Å². The maximum Gasteiger partial charge on any atom is 1.00 e. The molecular weight excluding hydrogens is 1150 g/mol. The Morgan fingerprint density at radius 1 is 0.448 bits per heavy atom. The summed E-state index contributed by atoms with van der Waals surface area (Å²) in [5.41, 5.74) is 13.6. The number of hydrogen-bond donors (Lipinski definition) is 9. The van der Waals surface area contributed by atoms with E-state index >= 15 is 0 Å². The van der Waals surface area contributed by atoms with Gasteiger partial charge in [0.05, 0.1) is 63.5 Å². The molecule has 2 aromatic carbocycles. The first-order chi connectivity index (χ1) is 39.2. The van der Waals surface area contributed by atoms with Gasteiger partial charge in [-0.2, -0.15) is 0 Å². The molecule has 495 valence electrons. The van der Waals surface area contributed by atoms with E-state index in [0.29, 0.717) is 45.3 Å². The third-order valence-corrected chi connectivity index (χ3v) is 11.2. The largest absolute Gasteiger partial charge is 1.00 e. The second-order valence-corrected chi connectivity index (χ2v) is 19.1. The number of aliphatic hydroxyl groups is 3. The molecule has 0 heterocycles. The van der Waals surface area contributed by atoms with E-state index in [9.17, 15) is 38.4 Å². The Morgan fingerprint density at radius 2 is 0.690 bits per heavy atom. The fourth-order valence-electron chi connectivity index (χ4n) is 6.29. The van der Waals surface area contributed by atoms with Gasteiger partial charge < -0.3 is 73.1 Å². The van der Waals surface area contributed by atoms with E-state index in [2.05, 4.69) is 9.47 Å². The number of rotatable bonds is 31. The molecule has 0 aromatic heterocycles. The first-order valence-corrected chi connectivity index (χ1v) is 29.2. The van der Waals surface area contributed by atoms with Gasteiger partial charge in [-0.1, -0.05) is 159 Å². The molecule has 0 saturated heterocycles. The van der Waals surface area contributed by atoms with Crippen LogP contribution in [-0.2, 0) is 57.3 Å². The predicted molar refractivity (Wildman–Crippen MR) is 331 cm³/mol. The fourth-order valence-corrected chi connectivity index (χ4v) is 6.29. The van der Waals surface area contributed by atoms with Crippen LogP contribution in [0.15, 0.2) is 60.7 Å². The number of hydrogen-bond acceptors (Lipinski definition) is 18. The Bertz CT molecular complexity index is 1790. The predicted octanol–water partition coefficient (Wildman–Crippen LogP) is 3.90. The first kappa shape index (κ1) is 105. The molecule has 12 N–H and O–H groups in total. The first-order valence-electron chi connectivity index (χ1n) is 29.2. The zero-order chi connectivity index (χ0) is 65.1. The van der Waals surface area contributed by atoms with Crippen molar-refractivity contribution in [1.29, 1.82) is 0 Å². The quantitative estimate of drug-likeness (QED) is 0.0224. The van der Waals surface area contributed by atoms with Gasteiger partial charge in [0.15, 0.2) is 11.8 Å². The normalized spacial score (nSPS) is 11.5. The van der Waals surface area contributed by atoms with E-state index in [1.54, 1.807) is 20.8 Å². The van der Waals surface area contributed by atoms with Crippen LogP contribution in [0, 0.1) is 29.6 Å². The number of carboxylic acids is 4. The van der Waals surface area contributed by atoms with Crippen LogP contribution in [0.1, 0.15) is 211 Å². The SMILES string of the molecule is CC(=O)OC(C)C.CCCCC(C(=O)O)C(=O)OCC.CCCCC(C(=O)OCC)C(=O)OCC.CCCCC(CO)C(=O)O.CCCC[C@H](CO)C(=O)O.CCCC[C@H](CO)C(=O)O.C[C@@H](N)c1ccccc1.C[C@@H](N)c1ccccc1.[B].[H-].[K+].[Li+].[OH-]. The standard InChI is InChI=1S/C11H20O4.C9H16O4.2C8H11N.3C7H14O3.C5H10O2.B.K.Li.H2O.H/c1-4-7-8-9(10(12)14-5-2)11(13)15-6-3;1-3-5-6-7(8(10)11)9(12)13-4-2;2*1-7(9)8-5-3-2-4-6-8;3*1-2-3-4-6(5-8)7(9)10;1-4(2)7-5(3)6;;;;;/h9H,4-8H2,1-3H3;7H,3-6H2,1-2H3,(H,10,11);2*2-7H,9H2,1H3;3*6,8H,2-5H2,1H3,(H,9,10);4H,1-3H3;;;;1H2;/q;;;;;;;;;2*+1;;-1/p-1/t;;2*7-;2*6-;;;;;;;/m..1111......./s1. The monoisotopic (exact) mass is 1260 g/mol. The van der Waals surface area contributed by atoms with Crippen molar-refractivity contribution in [2.45, 2.75) is 205 Å². The number of unbranched alkanes of at least 4 members (excludes halogenated alkanes) is 5. The van der Waals surface area contributed by atoms with Crippen LogP contribution in [0.2, 0.25) is 0 Å². The summed E-state index contributed by atoms with van der Waals surface area (Å²) in [6.45, 7) is 24.2. The Kier molecular flexibility index (Phi) is 90.2. The van der Waals surface area contributed by atoms with Gasteiger partial charge in [-0.05, 0) is 91.7 Å². The number of esters is 4. The van der Waals surface area contributed by atoms with Crippen molar-refractivity contribution in [2.24, 2.45) is 41.1 Å². The fraction of sp³-hybridized carbons (Fsp3) is 0.677. The third kappa shape index (κ3) is 69.6. The molecule has 0 spiro atoms. The maximum absolute atomic E-state index is 11.4. The van der Waals surface area contributed by atoms with Crippen molar-refractivity contribution in [2.75, 3.05) is 39.6 Å². The van der Waals surface area contributed by atoms with Gasteiger partial charge in [-0.25, -0.2) is 0 Å². The van der Waals surface area contributed by atoms with Gasteiger partial charge in [0.25, 0.3) is 0 Å². The van der Waals surface area contributed by atoms with Crippen molar-refractivity contribution in [3.8, 4) is 0 Å². The van der Waals surface area contributed by atoms with E-state index in [0.717, 1.165) is 64.2 Å². The molecule has 0 amide bonds. The van der Waals surface area contributed by atoms with Crippen LogP contribution in [-0.4, -0.2) is 143 Å². The summed E-state index contributed by atoms with van der Waals surface area (Å²) < 4.78 is 18.9. The van der Waals surface area contributed by atoms with Gasteiger partial charge in [0.1, 0.15) is 0 Å². The molecule has 22 nitrogen and oxygen atoms in total. The molecule has 0 aliphatic rings. The van der Waals surface area contributed by atoms with Crippen molar-refractivity contribution in [3.63, 3.8) is 0 Å². The minimum absolute atomic E-state index is 0. The number of benzene rings is 2. The number of carbonyl (C=O) groups excluding carboxylic acids is 4. The summed E-state index contributed by atoms with van der Waals surface area (Å²) in [6.07, 6.45) is 11.6. The molecule has 0 fully saturated rings. The topological polar surface area (TPSA) is 397 Å². The number of ether oxygens (including phenoxy) is 4. The second kappa shape index (κ2) is 74.7. The summed E-state index contributed by atoms with van der Waals surface area (Å²) in [7, 11) is 0. The van der Waals surface area contributed by atoms with E-state index in [4.69, 9.17) is 56.7 Å². The van der Waals surface area contributed by atoms with E-state index in [1.807, 2.05) is 123 Å². The van der Waals surface area contributed by atoms with Crippen molar-refractivity contribution in [1.82, 2.24) is 0 Å². The summed E-state index contributed by atoms with van der Waals surface area (Å²) in [5.74, 6) is -8.94. The van der Waals surface area contributed by atoms with Crippen LogP contribution in [0.3, 0.4) is 0 Å². The van der Waals surface area contributed by atoms with Gasteiger partial charge in [-0.15, -0.1) is 0 Å². The Morgan fingerprint density at radius 3 is 0.851 bits per heavy atom. The van der Waals surface area contributed by atoms with Gasteiger partial charge in [-0.3, -0.25) is 38.4 Å². The summed E-state index contributed by atoms with van der Waals surface area (Å²) in [5, 5.41) is 59.6. The molecule has 2 aromatic rings. The van der Waals surface area contributed by atoms with E-state index in [1.165, 1.54) is 18.1 Å². The van der Waals surface area contributed by atoms with Crippen LogP contribution in [0.25, 0.3) is 0 Å². The molecule has 0 bridgehead atoms. The molecule has 2 rings (SSSR count). The number of aliphatic carboxylic acids is 4. The molecule has 0 aliphatic carbocycles. The van der Waals surface area contributed by atoms with Gasteiger partial charge in [0, 0.05) is 27.4 Å². The van der Waals surface area contributed by atoms with Crippen LogP contribution >= 0.6 is 0 Å². The van der Waals surface area contributed by atoms with Crippen LogP contribution in [0.4, 0.5) is 0 Å². The molecule has 25 heteroatoms. The van der Waals surface area contributed by atoms with E-state index in [-0.39, 0.29) is 136 Å². The zero-order valence-electron chi connectivity index (χ0n) is 56.5. The Hall–Kier alpha value is -3.74. The molecule has 0 saturated carbocycles. The van der Waals surface area contributed by atoms with Crippen molar-refractivity contribution in [3.05, 3.63) is 71.8 Å². The summed E-state index contributed by atoms with van der Waals surface area (Å²) in [4.78, 5) is 85.5. The minimum Gasteiger partial charge on any atom is -1.00 e. The zero-order valence-corrected chi connectivity index (χ0v) is 58.6. The van der Waals surface area contributed by atoms with E-state index < -0.39 is 71.4 Å².